The number of benzene rings is 5. The van der Waals surface area contributed by atoms with Crippen LogP contribution in [0.3, 0.4) is 0 Å². The van der Waals surface area contributed by atoms with Gasteiger partial charge in [0.15, 0.2) is 0 Å². The summed E-state index contributed by atoms with van der Waals surface area (Å²) in [5.74, 6) is 0.0724. The molecule has 2 aliphatic rings. The van der Waals surface area contributed by atoms with Crippen molar-refractivity contribution in [2.45, 2.75) is 12.1 Å². The molecule has 5 aromatic carbocycles. The van der Waals surface area contributed by atoms with Crippen molar-refractivity contribution in [1.29, 1.82) is 0 Å². The number of quaternary nitrogens is 2. The van der Waals surface area contributed by atoms with E-state index in [4.69, 9.17) is 0 Å². The minimum absolute atomic E-state index is 0.0362. The van der Waals surface area contributed by atoms with Crippen LogP contribution in [0.15, 0.2) is 146 Å². The van der Waals surface area contributed by atoms with E-state index in [9.17, 15) is 9.59 Å². The number of hydrogen-bond acceptors (Lipinski definition) is 2. The molecule has 2 saturated heterocycles. The van der Waals surface area contributed by atoms with Gasteiger partial charge < -0.3 is 19.6 Å². The number of carbonyl (C=O) groups is 2. The third-order valence-corrected chi connectivity index (χ3v) is 10.1. The van der Waals surface area contributed by atoms with Gasteiger partial charge in [0, 0.05) is 33.4 Å². The Kier molecular flexibility index (Phi) is 9.73. The molecular weight excluding hydrogens is 592 g/mol. The van der Waals surface area contributed by atoms with Crippen LogP contribution in [0.4, 0.5) is 0 Å². The quantitative estimate of drug-likeness (QED) is 0.271. The maximum Gasteiger partial charge on any atom is 0.254 e. The smallest absolute Gasteiger partial charge is 0.254 e. The zero-order valence-corrected chi connectivity index (χ0v) is 27.4. The first-order valence-corrected chi connectivity index (χ1v) is 17.2. The fraction of sp³-hybridized carbons (Fsp3) is 0.238. The highest BCUT2D eigenvalue weighted by molar-refractivity contribution is 5.98. The second-order valence-corrected chi connectivity index (χ2v) is 13.0. The number of rotatable bonds is 8. The van der Waals surface area contributed by atoms with E-state index in [0.29, 0.717) is 37.3 Å². The summed E-state index contributed by atoms with van der Waals surface area (Å²) in [7, 11) is 0. The van der Waals surface area contributed by atoms with Crippen molar-refractivity contribution in [1.82, 2.24) is 9.80 Å². The Bertz CT molecular complexity index is 1550. The zero-order valence-electron chi connectivity index (χ0n) is 27.4. The molecule has 7 rings (SSSR count). The molecule has 0 spiro atoms. The third-order valence-electron chi connectivity index (χ3n) is 10.1. The first kappa shape index (κ1) is 31.6. The van der Waals surface area contributed by atoms with Crippen molar-refractivity contribution in [2.75, 3.05) is 52.4 Å². The summed E-state index contributed by atoms with van der Waals surface area (Å²) in [6.07, 6.45) is 0. The Hall–Kier alpha value is -5.04. The van der Waals surface area contributed by atoms with Crippen LogP contribution in [0.5, 0.6) is 0 Å². The van der Waals surface area contributed by atoms with Crippen molar-refractivity contribution in [3.63, 3.8) is 0 Å². The van der Waals surface area contributed by atoms with Gasteiger partial charge in [-0.15, -0.1) is 0 Å². The lowest BCUT2D eigenvalue weighted by atomic mass is 9.96. The van der Waals surface area contributed by atoms with Crippen LogP contribution in [0.1, 0.15) is 55.1 Å². The highest BCUT2D eigenvalue weighted by Gasteiger charge is 2.33. The number of amides is 2. The summed E-state index contributed by atoms with van der Waals surface area (Å²) in [6.45, 7) is 6.30. The second kappa shape index (κ2) is 14.8. The van der Waals surface area contributed by atoms with Crippen LogP contribution < -0.4 is 9.80 Å². The van der Waals surface area contributed by atoms with Crippen molar-refractivity contribution >= 4 is 11.8 Å². The van der Waals surface area contributed by atoms with Gasteiger partial charge in [0.1, 0.15) is 12.1 Å². The maximum absolute atomic E-state index is 13.6. The van der Waals surface area contributed by atoms with E-state index in [-0.39, 0.29) is 23.9 Å². The van der Waals surface area contributed by atoms with Crippen molar-refractivity contribution in [3.05, 3.63) is 179 Å². The van der Waals surface area contributed by atoms with E-state index < -0.39 is 0 Å². The number of carbonyl (C=O) groups excluding carboxylic acids is 2. The summed E-state index contributed by atoms with van der Waals surface area (Å²) < 4.78 is 0. The van der Waals surface area contributed by atoms with Crippen molar-refractivity contribution in [2.24, 2.45) is 0 Å². The molecule has 2 heterocycles. The lowest BCUT2D eigenvalue weighted by molar-refractivity contribution is -0.929. The van der Waals surface area contributed by atoms with Crippen LogP contribution >= 0.6 is 0 Å². The molecule has 5 aromatic rings. The first-order valence-electron chi connectivity index (χ1n) is 17.2. The number of piperazine rings is 2. The Balaban J connectivity index is 0.960. The molecule has 0 aromatic heterocycles. The van der Waals surface area contributed by atoms with Crippen LogP contribution in [-0.2, 0) is 0 Å². The highest BCUT2D eigenvalue weighted by atomic mass is 16.2. The molecule has 6 nitrogen and oxygen atoms in total. The van der Waals surface area contributed by atoms with E-state index in [1.165, 1.54) is 32.1 Å². The van der Waals surface area contributed by atoms with Gasteiger partial charge in [0.05, 0.1) is 52.4 Å². The molecule has 0 saturated carbocycles. The molecule has 0 aliphatic carbocycles. The number of hydrogen-bond donors (Lipinski definition) is 2. The summed E-state index contributed by atoms with van der Waals surface area (Å²) in [5, 5.41) is 0. The predicted molar refractivity (Wildman–Crippen MR) is 189 cm³/mol. The molecule has 2 amide bonds. The van der Waals surface area contributed by atoms with E-state index >= 15 is 0 Å². The van der Waals surface area contributed by atoms with Crippen molar-refractivity contribution in [3.8, 4) is 0 Å². The first-order chi connectivity index (χ1) is 23.7. The average Bonchev–Trinajstić information content (AvgIpc) is 3.17. The molecule has 0 radical (unpaired) electrons. The van der Waals surface area contributed by atoms with Crippen molar-refractivity contribution < 1.29 is 19.4 Å². The molecule has 48 heavy (non-hydrogen) atoms. The molecule has 0 atom stereocenters. The molecule has 0 unspecified atom stereocenters. The van der Waals surface area contributed by atoms with E-state index in [1.807, 2.05) is 34.1 Å². The van der Waals surface area contributed by atoms with E-state index in [0.717, 1.165) is 26.2 Å². The van der Waals surface area contributed by atoms with Crippen LogP contribution in [0, 0.1) is 0 Å². The van der Waals surface area contributed by atoms with Gasteiger partial charge in [0.25, 0.3) is 11.8 Å². The average molecular weight is 637 g/mol. The van der Waals surface area contributed by atoms with Gasteiger partial charge in [-0.25, -0.2) is 0 Å². The van der Waals surface area contributed by atoms with Gasteiger partial charge in [-0.2, -0.15) is 0 Å². The third kappa shape index (κ3) is 6.96. The number of nitrogens with one attached hydrogen (secondary N) is 2. The van der Waals surface area contributed by atoms with E-state index in [2.05, 4.69) is 121 Å². The summed E-state index contributed by atoms with van der Waals surface area (Å²) in [5.41, 5.74) is 6.48. The van der Waals surface area contributed by atoms with Gasteiger partial charge in [-0.05, 0) is 24.3 Å². The predicted octanol–water partition coefficient (Wildman–Crippen LogP) is 3.95. The van der Waals surface area contributed by atoms with Gasteiger partial charge in [-0.3, -0.25) is 9.59 Å². The molecule has 242 valence electrons. The number of nitrogens with zero attached hydrogens (tertiary/aromatic N) is 2. The molecule has 2 fully saturated rings. The zero-order chi connectivity index (χ0) is 32.7. The topological polar surface area (TPSA) is 49.5 Å². The fourth-order valence-electron chi connectivity index (χ4n) is 7.60. The molecular formula is C42H44N4O2+2. The molecule has 2 aliphatic heterocycles. The lowest BCUT2D eigenvalue weighted by Crippen LogP contribution is -3.15. The molecule has 2 N–H and O–H groups in total. The summed E-state index contributed by atoms with van der Waals surface area (Å²) >= 11 is 0. The standard InChI is InChI=1S/C42H42N4O2/c47-41(45-29-25-43(26-30-45)39(33-13-5-1-6-14-33)34-15-7-2-8-16-34)37-21-23-38(24-22-37)42(48)46-31-27-44(28-32-46)40(35-17-9-3-10-18-35)36-19-11-4-12-20-36/h1-24,39-40H,25-32H2/p+2. The monoisotopic (exact) mass is 636 g/mol. The summed E-state index contributed by atoms with van der Waals surface area (Å²) in [6, 6.07) is 50.5. The van der Waals surface area contributed by atoms with Gasteiger partial charge in [0.2, 0.25) is 0 Å². The molecule has 6 heteroatoms. The largest absolute Gasteiger partial charge is 0.327 e. The van der Waals surface area contributed by atoms with Crippen LogP contribution in [0.25, 0.3) is 0 Å². The van der Waals surface area contributed by atoms with Crippen LogP contribution in [-0.4, -0.2) is 74.0 Å². The minimum Gasteiger partial charge on any atom is -0.327 e. The molecule has 0 bridgehead atoms. The second-order valence-electron chi connectivity index (χ2n) is 13.0. The normalized spacial score (nSPS) is 16.0. The van der Waals surface area contributed by atoms with Crippen LogP contribution in [0.2, 0.25) is 0 Å². The Morgan fingerprint density at radius 2 is 0.646 bits per heavy atom. The fourth-order valence-corrected chi connectivity index (χ4v) is 7.60. The SMILES string of the molecule is O=C(c1ccc(C(=O)N2CC[NH+](C(c3ccccc3)c3ccccc3)CC2)cc1)N1CC[NH+](C(c2ccccc2)c2ccccc2)CC1. The van der Waals surface area contributed by atoms with Gasteiger partial charge >= 0.3 is 0 Å². The van der Waals surface area contributed by atoms with Gasteiger partial charge in [-0.1, -0.05) is 121 Å². The Labute approximate surface area is 283 Å². The summed E-state index contributed by atoms with van der Waals surface area (Å²) in [4.78, 5) is 34.0. The Morgan fingerprint density at radius 1 is 0.396 bits per heavy atom. The van der Waals surface area contributed by atoms with E-state index in [1.54, 1.807) is 0 Å². The Morgan fingerprint density at radius 3 is 0.896 bits per heavy atom. The lowest BCUT2D eigenvalue weighted by Gasteiger charge is -2.37. The maximum atomic E-state index is 13.6. The minimum atomic E-state index is 0.0362. The highest BCUT2D eigenvalue weighted by Crippen LogP contribution is 2.21.